The molecule has 0 spiro atoms. The van der Waals surface area contributed by atoms with Gasteiger partial charge in [0.25, 0.3) is 0 Å². The number of carbonyl (C=O) groups excluding carboxylic acids is 1. The summed E-state index contributed by atoms with van der Waals surface area (Å²) in [5, 5.41) is 2.79. The molecule has 28 heavy (non-hydrogen) atoms. The summed E-state index contributed by atoms with van der Waals surface area (Å²) in [6.07, 6.45) is 12.0. The van der Waals surface area contributed by atoms with E-state index >= 15 is 0 Å². The number of rotatable bonds is 2. The summed E-state index contributed by atoms with van der Waals surface area (Å²) >= 11 is 1.33. The van der Waals surface area contributed by atoms with Gasteiger partial charge in [-0.1, -0.05) is 0 Å². The van der Waals surface area contributed by atoms with Gasteiger partial charge in [-0.2, -0.15) is 0 Å². The predicted molar refractivity (Wildman–Crippen MR) is 104 cm³/mol. The fourth-order valence-electron chi connectivity index (χ4n) is 2.76. The first-order valence-electron chi connectivity index (χ1n) is 9.17. The minimum atomic E-state index is -0.233. The molecule has 1 aliphatic rings. The Morgan fingerprint density at radius 1 is 1.32 bits per heavy atom. The van der Waals surface area contributed by atoms with Crippen LogP contribution in [0.2, 0.25) is 0 Å². The molecule has 146 valence electrons. The van der Waals surface area contributed by atoms with Crippen LogP contribution in [0.3, 0.4) is 0 Å². The minimum absolute atomic E-state index is 0.0281. The van der Waals surface area contributed by atoms with Gasteiger partial charge < -0.3 is 0 Å². The molecule has 2 heterocycles. The number of ether oxygens (including phenoxy) is 2. The van der Waals surface area contributed by atoms with E-state index in [0.717, 1.165) is 22.7 Å². The molecule has 0 fully saturated rings. The Morgan fingerprint density at radius 3 is 3.00 bits per heavy atom. The fourth-order valence-corrected chi connectivity index (χ4v) is 3.66. The third kappa shape index (κ3) is 5.29. The Bertz CT molecular complexity index is 915. The van der Waals surface area contributed by atoms with Gasteiger partial charge in [0.1, 0.15) is 0 Å². The molecule has 0 radical (unpaired) electrons. The molecule has 0 unspecified atom stereocenters. The van der Waals surface area contributed by atoms with E-state index in [1.165, 1.54) is 19.4 Å². The van der Waals surface area contributed by atoms with Gasteiger partial charge in [-0.25, -0.2) is 0 Å². The quantitative estimate of drug-likeness (QED) is 0.626. The van der Waals surface area contributed by atoms with Gasteiger partial charge >= 0.3 is 162 Å². The van der Waals surface area contributed by atoms with Gasteiger partial charge in [0.15, 0.2) is 0 Å². The van der Waals surface area contributed by atoms with E-state index in [4.69, 9.17) is 9.47 Å². The van der Waals surface area contributed by atoms with Crippen LogP contribution in [0.15, 0.2) is 55.0 Å². The maximum absolute atomic E-state index is 12.6. The van der Waals surface area contributed by atoms with E-state index in [1.807, 2.05) is 44.5 Å². The predicted octanol–water partition coefficient (Wildman–Crippen LogP) is 3.02. The number of allylic oxidation sites excluding steroid dienone is 3. The van der Waals surface area contributed by atoms with Crippen LogP contribution in [-0.2, 0) is 25.9 Å². The Balaban J connectivity index is 1.86. The van der Waals surface area contributed by atoms with E-state index in [1.54, 1.807) is 24.4 Å². The van der Waals surface area contributed by atoms with Crippen LogP contribution >= 0.6 is 0 Å². The zero-order valence-corrected chi connectivity index (χ0v) is 18.9. The van der Waals surface area contributed by atoms with Crippen LogP contribution in [0.25, 0.3) is 0 Å². The molecule has 6 nitrogen and oxygen atoms in total. The van der Waals surface area contributed by atoms with Crippen molar-refractivity contribution < 1.29 is 33.6 Å². The summed E-state index contributed by atoms with van der Waals surface area (Å²) in [7, 11) is 0. The van der Waals surface area contributed by atoms with Gasteiger partial charge in [-0.15, -0.1) is 0 Å². The number of aromatic nitrogens is 2. The number of aryl methyl sites for hydroxylation is 1. The van der Waals surface area contributed by atoms with Crippen molar-refractivity contribution in [3.63, 3.8) is 0 Å². The number of amides is 1. The van der Waals surface area contributed by atoms with Crippen LogP contribution in [0, 0.1) is 0 Å². The molecule has 1 N–H and O–H groups in total. The Morgan fingerprint density at radius 2 is 2.18 bits per heavy atom. The zero-order valence-electron chi connectivity index (χ0n) is 15.9. The number of carbonyl (C=O) groups is 1. The van der Waals surface area contributed by atoms with Crippen LogP contribution in [0.1, 0.15) is 36.5 Å². The number of hydrogen-bond donors (Lipinski definition) is 1. The van der Waals surface area contributed by atoms with Gasteiger partial charge in [0.2, 0.25) is 0 Å². The van der Waals surface area contributed by atoms with Gasteiger partial charge in [-0.3, -0.25) is 0 Å². The number of nitrogens with zero attached hydrogens (tertiary/aromatic N) is 2. The van der Waals surface area contributed by atoms with Crippen molar-refractivity contribution in [1.82, 2.24) is 14.9 Å². The first-order valence-corrected chi connectivity index (χ1v) is 10.6. The molecule has 0 saturated carbocycles. The van der Waals surface area contributed by atoms with Crippen LogP contribution in [0.5, 0.6) is 11.5 Å². The second kappa shape index (κ2) is 9.65. The molecular formula is C21H23N3O3W. The van der Waals surface area contributed by atoms with Crippen LogP contribution in [0.4, 0.5) is 0 Å². The third-order valence-corrected chi connectivity index (χ3v) is 5.12. The number of fused-ring (bicyclic) bond motifs is 2. The second-order valence-electron chi connectivity index (χ2n) is 6.53. The standard InChI is InChI=1S/C21H23N3O3.W/c1-16(2)27-17-8-9-19-18(15-17)21(25)23-10-5-3-4-7-20-22-11-13-24(20)12-6-14-26-19;/h3-5,8-11,13,15-16H,6,12,14H2,1-2H3,(H,23,25);. The first kappa shape index (κ1) is 20.3. The normalized spacial score (nSPS) is 15.1. The summed E-state index contributed by atoms with van der Waals surface area (Å²) < 4.78 is 14.9. The number of hydrogen-bond acceptors (Lipinski definition) is 4. The van der Waals surface area contributed by atoms with Crippen molar-refractivity contribution in [2.45, 2.75) is 32.9 Å². The third-order valence-electron chi connectivity index (χ3n) is 3.97. The van der Waals surface area contributed by atoms with Crippen LogP contribution < -0.4 is 14.8 Å². The molecule has 1 aromatic carbocycles. The monoisotopic (exact) mass is 549 g/mol. The molecule has 0 aliphatic carbocycles. The molecular weight excluding hydrogens is 526 g/mol. The number of benzene rings is 1. The molecule has 7 heteroatoms. The van der Waals surface area contributed by atoms with Crippen molar-refractivity contribution in [3.05, 3.63) is 66.4 Å². The summed E-state index contributed by atoms with van der Waals surface area (Å²) in [4.78, 5) is 17.1. The molecule has 1 aromatic heterocycles. The van der Waals surface area contributed by atoms with Crippen molar-refractivity contribution in [2.75, 3.05) is 6.61 Å². The number of nitrogens with one attached hydrogen (secondary N) is 1. The van der Waals surface area contributed by atoms with E-state index in [9.17, 15) is 4.79 Å². The van der Waals surface area contributed by atoms with Gasteiger partial charge in [0, 0.05) is 0 Å². The van der Waals surface area contributed by atoms with Crippen molar-refractivity contribution in [2.24, 2.45) is 0 Å². The van der Waals surface area contributed by atoms with Crippen molar-refractivity contribution in [3.8, 4) is 11.5 Å². The SMILES string of the molecule is CC(C)Oc1ccc2c(c1)C(=O)NC=CC=C[C](=[W])c1nccn1CCCO2. The topological polar surface area (TPSA) is 65.4 Å². The average Bonchev–Trinajstić information content (AvgIpc) is 3.13. The van der Waals surface area contributed by atoms with E-state index in [2.05, 4.69) is 14.9 Å². The summed E-state index contributed by atoms with van der Waals surface area (Å²) in [6.45, 7) is 5.20. The number of imidazole rings is 1. The Hall–Kier alpha value is -2.46. The van der Waals surface area contributed by atoms with E-state index in [0.29, 0.717) is 23.7 Å². The van der Waals surface area contributed by atoms with Crippen molar-refractivity contribution in [1.29, 1.82) is 0 Å². The van der Waals surface area contributed by atoms with Crippen LogP contribution in [-0.4, -0.2) is 32.1 Å². The maximum atomic E-state index is 12.6. The fraction of sp³-hybridized carbons (Fsp3) is 0.286. The summed E-state index contributed by atoms with van der Waals surface area (Å²) in [5.74, 6) is 1.92. The van der Waals surface area contributed by atoms with Crippen molar-refractivity contribution >= 4 is 9.81 Å². The Labute approximate surface area is 175 Å². The molecule has 0 bridgehead atoms. The summed E-state index contributed by atoms with van der Waals surface area (Å²) in [5.41, 5.74) is 0.456. The molecule has 1 aliphatic heterocycles. The molecule has 2 aromatic rings. The zero-order chi connectivity index (χ0) is 19.9. The second-order valence-corrected chi connectivity index (χ2v) is 8.11. The van der Waals surface area contributed by atoms with E-state index in [-0.39, 0.29) is 12.0 Å². The average molecular weight is 549 g/mol. The molecule has 3 rings (SSSR count). The van der Waals surface area contributed by atoms with E-state index < -0.39 is 0 Å². The first-order chi connectivity index (χ1) is 13.5. The molecule has 0 atom stereocenters. The Kier molecular flexibility index (Phi) is 6.99. The van der Waals surface area contributed by atoms with Gasteiger partial charge in [-0.05, 0) is 13.8 Å². The van der Waals surface area contributed by atoms with Gasteiger partial charge in [0.05, 0.1) is 0 Å². The molecule has 0 saturated heterocycles. The summed E-state index contributed by atoms with van der Waals surface area (Å²) in [6, 6.07) is 5.34. The molecule has 1 amide bonds.